The SMILES string of the molecule is NC(=O)CSCc1csc(NC(=O)Cc2ccc(Cl)cc2)n1. The zero-order chi connectivity index (χ0) is 15.9. The van der Waals surface area contributed by atoms with Crippen molar-refractivity contribution < 1.29 is 9.59 Å². The third-order valence-corrected chi connectivity index (χ3v) is 4.62. The van der Waals surface area contributed by atoms with Crippen molar-refractivity contribution >= 4 is 51.6 Å². The molecular formula is C14H14ClN3O2S2. The van der Waals surface area contributed by atoms with E-state index in [0.717, 1.165) is 11.3 Å². The van der Waals surface area contributed by atoms with Crippen molar-refractivity contribution in [1.29, 1.82) is 0 Å². The van der Waals surface area contributed by atoms with Crippen molar-refractivity contribution in [3.63, 3.8) is 0 Å². The summed E-state index contributed by atoms with van der Waals surface area (Å²) in [5, 5.41) is 5.80. The van der Waals surface area contributed by atoms with Crippen LogP contribution in [-0.4, -0.2) is 22.6 Å². The van der Waals surface area contributed by atoms with Crippen LogP contribution in [0.2, 0.25) is 5.02 Å². The lowest BCUT2D eigenvalue weighted by molar-refractivity contribution is -0.116. The smallest absolute Gasteiger partial charge is 0.230 e. The lowest BCUT2D eigenvalue weighted by atomic mass is 10.1. The number of halogens is 1. The highest BCUT2D eigenvalue weighted by atomic mass is 35.5. The molecule has 1 aromatic heterocycles. The van der Waals surface area contributed by atoms with E-state index in [2.05, 4.69) is 10.3 Å². The minimum Gasteiger partial charge on any atom is -0.369 e. The average Bonchev–Trinajstić information content (AvgIpc) is 2.88. The predicted octanol–water partition coefficient (Wildman–Crippen LogP) is 2.70. The molecule has 0 unspecified atom stereocenters. The number of carbonyl (C=O) groups excluding carboxylic acids is 2. The molecule has 0 aliphatic rings. The number of thioether (sulfide) groups is 1. The predicted molar refractivity (Wildman–Crippen MR) is 91.3 cm³/mol. The Morgan fingerprint density at radius 2 is 2.05 bits per heavy atom. The minimum absolute atomic E-state index is 0.131. The summed E-state index contributed by atoms with van der Waals surface area (Å²) in [5.41, 5.74) is 6.77. The number of anilines is 1. The molecule has 0 saturated carbocycles. The first-order valence-electron chi connectivity index (χ1n) is 6.37. The fraction of sp³-hybridized carbons (Fsp3) is 0.214. The molecule has 1 heterocycles. The van der Waals surface area contributed by atoms with E-state index in [-0.39, 0.29) is 24.0 Å². The van der Waals surface area contributed by atoms with Crippen LogP contribution in [0.5, 0.6) is 0 Å². The van der Waals surface area contributed by atoms with Crippen LogP contribution in [0.25, 0.3) is 0 Å². The van der Waals surface area contributed by atoms with Crippen molar-refractivity contribution in [2.45, 2.75) is 12.2 Å². The van der Waals surface area contributed by atoms with Gasteiger partial charge < -0.3 is 11.1 Å². The Kier molecular flexibility index (Phi) is 6.23. The second-order valence-electron chi connectivity index (χ2n) is 4.45. The zero-order valence-electron chi connectivity index (χ0n) is 11.5. The Balaban J connectivity index is 1.82. The summed E-state index contributed by atoms with van der Waals surface area (Å²) in [6, 6.07) is 7.13. The number of nitrogens with one attached hydrogen (secondary N) is 1. The number of nitrogens with two attached hydrogens (primary N) is 1. The van der Waals surface area contributed by atoms with Gasteiger partial charge >= 0.3 is 0 Å². The maximum atomic E-state index is 11.9. The summed E-state index contributed by atoms with van der Waals surface area (Å²) in [6.07, 6.45) is 0.266. The molecule has 0 spiro atoms. The molecule has 0 aliphatic carbocycles. The Morgan fingerprint density at radius 3 is 2.73 bits per heavy atom. The number of hydrogen-bond acceptors (Lipinski definition) is 5. The van der Waals surface area contributed by atoms with Crippen LogP contribution in [0.15, 0.2) is 29.6 Å². The molecular weight excluding hydrogens is 342 g/mol. The van der Waals surface area contributed by atoms with Gasteiger partial charge in [0.2, 0.25) is 11.8 Å². The minimum atomic E-state index is -0.350. The van der Waals surface area contributed by atoms with E-state index in [4.69, 9.17) is 17.3 Å². The number of rotatable bonds is 7. The average molecular weight is 356 g/mol. The van der Waals surface area contributed by atoms with Gasteiger partial charge in [0.1, 0.15) is 0 Å². The van der Waals surface area contributed by atoms with E-state index in [1.54, 1.807) is 12.1 Å². The van der Waals surface area contributed by atoms with Gasteiger partial charge in [0.05, 0.1) is 17.9 Å². The summed E-state index contributed by atoms with van der Waals surface area (Å²) in [4.78, 5) is 26.9. The van der Waals surface area contributed by atoms with Gasteiger partial charge in [0.25, 0.3) is 0 Å². The third kappa shape index (κ3) is 5.67. The number of thiazole rings is 1. The summed E-state index contributed by atoms with van der Waals surface area (Å²) < 4.78 is 0. The summed E-state index contributed by atoms with van der Waals surface area (Å²) in [7, 11) is 0. The number of carbonyl (C=O) groups is 2. The molecule has 0 fully saturated rings. The van der Waals surface area contributed by atoms with E-state index in [1.807, 2.05) is 17.5 Å². The van der Waals surface area contributed by atoms with Gasteiger partial charge in [0, 0.05) is 16.2 Å². The summed E-state index contributed by atoms with van der Waals surface area (Å²) >= 11 is 8.55. The van der Waals surface area contributed by atoms with Gasteiger partial charge in [-0.15, -0.1) is 23.1 Å². The van der Waals surface area contributed by atoms with Crippen molar-refractivity contribution in [3.05, 3.63) is 45.9 Å². The van der Waals surface area contributed by atoms with Gasteiger partial charge in [-0.2, -0.15) is 0 Å². The molecule has 2 aromatic rings. The van der Waals surface area contributed by atoms with Crippen LogP contribution in [0.4, 0.5) is 5.13 Å². The maximum absolute atomic E-state index is 11.9. The van der Waals surface area contributed by atoms with E-state index in [9.17, 15) is 9.59 Å². The lowest BCUT2D eigenvalue weighted by Crippen LogP contribution is -2.14. The molecule has 0 bridgehead atoms. The van der Waals surface area contributed by atoms with Crippen LogP contribution in [-0.2, 0) is 21.8 Å². The first-order valence-corrected chi connectivity index (χ1v) is 8.79. The zero-order valence-corrected chi connectivity index (χ0v) is 13.9. The normalized spacial score (nSPS) is 10.4. The van der Waals surface area contributed by atoms with Crippen LogP contribution >= 0.6 is 34.7 Å². The Bertz CT molecular complexity index is 658. The maximum Gasteiger partial charge on any atom is 0.230 e. The van der Waals surface area contributed by atoms with E-state index < -0.39 is 0 Å². The fourth-order valence-corrected chi connectivity index (χ4v) is 3.26. The Hall–Kier alpha value is -1.57. The number of amides is 2. The van der Waals surface area contributed by atoms with Gasteiger partial charge in [-0.25, -0.2) is 4.98 Å². The van der Waals surface area contributed by atoms with Crippen molar-refractivity contribution in [3.8, 4) is 0 Å². The summed E-state index contributed by atoms with van der Waals surface area (Å²) in [5.74, 6) is 0.368. The molecule has 2 amide bonds. The fourth-order valence-electron chi connectivity index (χ4n) is 1.64. The first kappa shape index (κ1) is 16.8. The molecule has 2 rings (SSSR count). The van der Waals surface area contributed by atoms with Crippen molar-refractivity contribution in [1.82, 2.24) is 4.98 Å². The van der Waals surface area contributed by atoms with Crippen molar-refractivity contribution in [2.75, 3.05) is 11.1 Å². The second kappa shape index (κ2) is 8.17. The molecule has 0 atom stereocenters. The van der Waals surface area contributed by atoms with Gasteiger partial charge in [0.15, 0.2) is 5.13 Å². The number of primary amides is 1. The highest BCUT2D eigenvalue weighted by molar-refractivity contribution is 7.99. The first-order chi connectivity index (χ1) is 10.5. The number of aromatic nitrogens is 1. The molecule has 0 saturated heterocycles. The molecule has 22 heavy (non-hydrogen) atoms. The Morgan fingerprint density at radius 1 is 1.32 bits per heavy atom. The largest absolute Gasteiger partial charge is 0.369 e. The topological polar surface area (TPSA) is 85.1 Å². The highest BCUT2D eigenvalue weighted by Gasteiger charge is 2.08. The molecule has 0 aliphatic heterocycles. The van der Waals surface area contributed by atoms with E-state index >= 15 is 0 Å². The lowest BCUT2D eigenvalue weighted by Gasteiger charge is -2.02. The monoisotopic (exact) mass is 355 g/mol. The number of benzene rings is 1. The molecule has 8 heteroatoms. The van der Waals surface area contributed by atoms with Crippen LogP contribution < -0.4 is 11.1 Å². The third-order valence-electron chi connectivity index (χ3n) is 2.57. The number of hydrogen-bond donors (Lipinski definition) is 2. The highest BCUT2D eigenvalue weighted by Crippen LogP contribution is 2.20. The molecule has 116 valence electrons. The van der Waals surface area contributed by atoms with Gasteiger partial charge in [-0.1, -0.05) is 23.7 Å². The van der Waals surface area contributed by atoms with Crippen LogP contribution in [0, 0.1) is 0 Å². The Labute approximate surface area is 141 Å². The van der Waals surface area contributed by atoms with Crippen molar-refractivity contribution in [2.24, 2.45) is 5.73 Å². The van der Waals surface area contributed by atoms with Crippen LogP contribution in [0.3, 0.4) is 0 Å². The second-order valence-corrected chi connectivity index (χ2v) is 6.73. The van der Waals surface area contributed by atoms with E-state index in [0.29, 0.717) is 15.9 Å². The summed E-state index contributed by atoms with van der Waals surface area (Å²) in [6.45, 7) is 0. The van der Waals surface area contributed by atoms with Gasteiger partial charge in [-0.05, 0) is 17.7 Å². The molecule has 1 aromatic carbocycles. The molecule has 3 N–H and O–H groups in total. The standard InChI is InChI=1S/C14H14ClN3O2S2/c15-10-3-1-9(2-4-10)5-13(20)18-14-17-11(7-22-14)6-21-8-12(16)19/h1-4,7H,5-6,8H2,(H2,16,19)(H,17,18,20). The quantitative estimate of drug-likeness (QED) is 0.799. The molecule has 5 nitrogen and oxygen atoms in total. The van der Waals surface area contributed by atoms with Crippen LogP contribution in [0.1, 0.15) is 11.3 Å². The molecule has 0 radical (unpaired) electrons. The van der Waals surface area contributed by atoms with Gasteiger partial charge in [-0.3, -0.25) is 9.59 Å². The number of nitrogens with zero attached hydrogens (tertiary/aromatic N) is 1. The van der Waals surface area contributed by atoms with E-state index in [1.165, 1.54) is 23.1 Å².